The molecule has 7 heteroatoms. The summed E-state index contributed by atoms with van der Waals surface area (Å²) >= 11 is 1.34. The van der Waals surface area contributed by atoms with Crippen LogP contribution >= 0.6 is 11.8 Å². The molecule has 2 rings (SSSR count). The lowest BCUT2D eigenvalue weighted by Crippen LogP contribution is -2.45. The molecule has 0 aromatic heterocycles. The molecule has 1 aromatic carbocycles. The first kappa shape index (κ1) is 14.6. The van der Waals surface area contributed by atoms with Crippen LogP contribution in [0.25, 0.3) is 0 Å². The Morgan fingerprint density at radius 1 is 1.50 bits per heavy atom. The van der Waals surface area contributed by atoms with Crippen LogP contribution in [0, 0.1) is 5.82 Å². The third kappa shape index (κ3) is 2.45. The predicted molar refractivity (Wildman–Crippen MR) is 72.2 cm³/mol. The van der Waals surface area contributed by atoms with Gasteiger partial charge in [-0.25, -0.2) is 9.18 Å². The zero-order chi connectivity index (χ0) is 14.9. The van der Waals surface area contributed by atoms with Crippen LogP contribution in [-0.4, -0.2) is 44.2 Å². The van der Waals surface area contributed by atoms with Gasteiger partial charge in [-0.05, 0) is 18.6 Å². The summed E-state index contributed by atoms with van der Waals surface area (Å²) in [5, 5.41) is 18.5. The number of hydrogen-bond donors (Lipinski definition) is 2. The molecule has 1 aliphatic heterocycles. The molecule has 0 bridgehead atoms. The highest BCUT2D eigenvalue weighted by atomic mass is 32.2. The average Bonchev–Trinajstić information content (AvgIpc) is 2.82. The van der Waals surface area contributed by atoms with Crippen LogP contribution in [0.3, 0.4) is 0 Å². The van der Waals surface area contributed by atoms with E-state index in [0.717, 1.165) is 11.0 Å². The summed E-state index contributed by atoms with van der Waals surface area (Å²) in [6.07, 6.45) is 0.551. The molecule has 1 fully saturated rings. The summed E-state index contributed by atoms with van der Waals surface area (Å²) in [6.45, 7) is 1.82. The van der Waals surface area contributed by atoms with E-state index < -0.39 is 35.0 Å². The minimum atomic E-state index is -1.13. The molecule has 0 radical (unpaired) electrons. The van der Waals surface area contributed by atoms with E-state index in [2.05, 4.69) is 0 Å². The Balaban J connectivity index is 2.41. The lowest BCUT2D eigenvalue weighted by atomic mass is 10.1. The molecule has 1 saturated heterocycles. The third-order valence-corrected chi connectivity index (χ3v) is 4.62. The first-order valence-electron chi connectivity index (χ1n) is 6.12. The van der Waals surface area contributed by atoms with Crippen LogP contribution in [0.5, 0.6) is 5.75 Å². The summed E-state index contributed by atoms with van der Waals surface area (Å²) in [4.78, 5) is 24.8. The van der Waals surface area contributed by atoms with E-state index in [9.17, 15) is 19.1 Å². The van der Waals surface area contributed by atoms with Gasteiger partial charge in [0.05, 0.1) is 5.37 Å². The zero-order valence-corrected chi connectivity index (χ0v) is 11.6. The molecular weight excluding hydrogens is 285 g/mol. The Bertz CT molecular complexity index is 531. The van der Waals surface area contributed by atoms with Crippen molar-refractivity contribution in [3.05, 3.63) is 29.6 Å². The maximum atomic E-state index is 13.8. The van der Waals surface area contributed by atoms with Gasteiger partial charge in [0.2, 0.25) is 0 Å². The standard InChI is InChI=1S/C13H14FNO4S/c1-2-10-15(8(6-20-10)13(18)19)12(17)11-7(14)4-3-5-9(11)16/h3-5,8,10,16H,2,6H2,1H3,(H,18,19). The van der Waals surface area contributed by atoms with Gasteiger partial charge in [-0.1, -0.05) is 13.0 Å². The largest absolute Gasteiger partial charge is 0.507 e. The predicted octanol–water partition coefficient (Wildman–Crippen LogP) is 1.91. The molecule has 2 unspecified atom stereocenters. The number of phenolic OH excluding ortho intramolecular Hbond substituents is 1. The highest BCUT2D eigenvalue weighted by Gasteiger charge is 2.42. The van der Waals surface area contributed by atoms with Crippen LogP contribution in [0.15, 0.2) is 18.2 Å². The minimum Gasteiger partial charge on any atom is -0.507 e. The SMILES string of the molecule is CCC1SCC(C(=O)O)N1C(=O)c1c(O)cccc1F. The smallest absolute Gasteiger partial charge is 0.327 e. The summed E-state index contributed by atoms with van der Waals surface area (Å²) in [5.74, 6) is -2.99. The van der Waals surface area contributed by atoms with Crippen LogP contribution in [0.2, 0.25) is 0 Å². The van der Waals surface area contributed by atoms with Crippen molar-refractivity contribution in [3.63, 3.8) is 0 Å². The highest BCUT2D eigenvalue weighted by Crippen LogP contribution is 2.34. The Morgan fingerprint density at radius 2 is 2.20 bits per heavy atom. The molecule has 1 amide bonds. The summed E-state index contributed by atoms with van der Waals surface area (Å²) in [5.41, 5.74) is -0.472. The van der Waals surface area contributed by atoms with E-state index in [1.807, 2.05) is 6.92 Å². The Kier molecular flexibility index (Phi) is 4.17. The fourth-order valence-electron chi connectivity index (χ4n) is 2.19. The van der Waals surface area contributed by atoms with Crippen molar-refractivity contribution in [2.45, 2.75) is 24.8 Å². The van der Waals surface area contributed by atoms with E-state index in [1.165, 1.54) is 23.9 Å². The molecule has 1 heterocycles. The number of rotatable bonds is 3. The molecule has 0 saturated carbocycles. The topological polar surface area (TPSA) is 77.8 Å². The number of amides is 1. The van der Waals surface area contributed by atoms with Crippen molar-refractivity contribution < 1.29 is 24.2 Å². The maximum Gasteiger partial charge on any atom is 0.327 e. The van der Waals surface area contributed by atoms with E-state index >= 15 is 0 Å². The number of carbonyl (C=O) groups excluding carboxylic acids is 1. The molecule has 20 heavy (non-hydrogen) atoms. The lowest BCUT2D eigenvalue weighted by Gasteiger charge is -2.27. The van der Waals surface area contributed by atoms with Gasteiger partial charge in [0, 0.05) is 5.75 Å². The maximum absolute atomic E-state index is 13.8. The van der Waals surface area contributed by atoms with E-state index in [-0.39, 0.29) is 11.1 Å². The molecule has 1 aromatic rings. The molecule has 0 aliphatic carbocycles. The van der Waals surface area contributed by atoms with Crippen LogP contribution in [-0.2, 0) is 4.79 Å². The van der Waals surface area contributed by atoms with Crippen LogP contribution in [0.4, 0.5) is 4.39 Å². The van der Waals surface area contributed by atoms with Crippen molar-refractivity contribution in [1.29, 1.82) is 0 Å². The molecule has 1 aliphatic rings. The molecule has 0 spiro atoms. The van der Waals surface area contributed by atoms with Gasteiger partial charge in [0.15, 0.2) is 0 Å². The third-order valence-electron chi connectivity index (χ3n) is 3.17. The second-order valence-corrected chi connectivity index (χ2v) is 5.61. The number of nitrogens with zero attached hydrogens (tertiary/aromatic N) is 1. The number of carbonyl (C=O) groups is 2. The van der Waals surface area contributed by atoms with Crippen molar-refractivity contribution in [1.82, 2.24) is 4.90 Å². The average molecular weight is 299 g/mol. The highest BCUT2D eigenvalue weighted by molar-refractivity contribution is 8.00. The second-order valence-electron chi connectivity index (χ2n) is 4.40. The quantitative estimate of drug-likeness (QED) is 0.891. The van der Waals surface area contributed by atoms with E-state index in [4.69, 9.17) is 5.11 Å². The number of aliphatic carboxylic acids is 1. The molecule has 2 N–H and O–H groups in total. The number of aromatic hydroxyl groups is 1. The number of halogens is 1. The number of phenols is 1. The van der Waals surface area contributed by atoms with E-state index in [1.54, 1.807) is 0 Å². The Hall–Kier alpha value is -1.76. The fourth-order valence-corrected chi connectivity index (χ4v) is 3.54. The fraction of sp³-hybridized carbons (Fsp3) is 0.385. The molecule has 108 valence electrons. The van der Waals surface area contributed by atoms with Gasteiger partial charge in [-0.15, -0.1) is 11.8 Å². The second kappa shape index (κ2) is 5.70. The van der Waals surface area contributed by atoms with Crippen molar-refractivity contribution >= 4 is 23.6 Å². The summed E-state index contributed by atoms with van der Waals surface area (Å²) in [7, 11) is 0. The first-order valence-corrected chi connectivity index (χ1v) is 7.16. The summed E-state index contributed by atoms with van der Waals surface area (Å²) < 4.78 is 13.8. The molecule has 2 atom stereocenters. The normalized spacial score (nSPS) is 22.0. The van der Waals surface area contributed by atoms with Gasteiger partial charge in [0.25, 0.3) is 5.91 Å². The number of benzene rings is 1. The van der Waals surface area contributed by atoms with E-state index in [0.29, 0.717) is 6.42 Å². The van der Waals surface area contributed by atoms with Crippen molar-refractivity contribution in [2.75, 3.05) is 5.75 Å². The van der Waals surface area contributed by atoms with Gasteiger partial charge in [-0.2, -0.15) is 0 Å². The lowest BCUT2D eigenvalue weighted by molar-refractivity contribution is -0.141. The first-order chi connectivity index (χ1) is 9.47. The number of carboxylic acid groups (broad SMARTS) is 1. The van der Waals surface area contributed by atoms with Gasteiger partial charge in [0.1, 0.15) is 23.2 Å². The van der Waals surface area contributed by atoms with Gasteiger partial charge >= 0.3 is 5.97 Å². The molecule has 5 nitrogen and oxygen atoms in total. The number of carboxylic acids is 1. The monoisotopic (exact) mass is 299 g/mol. The van der Waals surface area contributed by atoms with Crippen molar-refractivity contribution in [3.8, 4) is 5.75 Å². The number of thioether (sulfide) groups is 1. The summed E-state index contributed by atoms with van der Waals surface area (Å²) in [6, 6.07) is 2.55. The van der Waals surface area contributed by atoms with Gasteiger partial charge < -0.3 is 15.1 Å². The van der Waals surface area contributed by atoms with Gasteiger partial charge in [-0.3, -0.25) is 4.79 Å². The molecular formula is C13H14FNO4S. The minimum absolute atomic E-state index is 0.259. The Labute approximate surface area is 119 Å². The van der Waals surface area contributed by atoms with Crippen LogP contribution in [0.1, 0.15) is 23.7 Å². The van der Waals surface area contributed by atoms with Crippen molar-refractivity contribution in [2.24, 2.45) is 0 Å². The zero-order valence-electron chi connectivity index (χ0n) is 10.7. The number of hydrogen-bond acceptors (Lipinski definition) is 4. The van der Waals surface area contributed by atoms with Crippen LogP contribution < -0.4 is 0 Å². The Morgan fingerprint density at radius 3 is 2.75 bits per heavy atom.